The Morgan fingerprint density at radius 3 is 1.52 bits per heavy atom. The summed E-state index contributed by atoms with van der Waals surface area (Å²) in [7, 11) is 0. The summed E-state index contributed by atoms with van der Waals surface area (Å²) < 4.78 is 3.23. The van der Waals surface area contributed by atoms with Crippen LogP contribution in [0.4, 0.5) is 0 Å². The summed E-state index contributed by atoms with van der Waals surface area (Å²) in [6, 6.07) is 7.42. The van der Waals surface area contributed by atoms with Crippen LogP contribution in [-0.2, 0) is 5.41 Å². The van der Waals surface area contributed by atoms with Crippen molar-refractivity contribution in [3.05, 3.63) is 53.3 Å². The highest BCUT2D eigenvalue weighted by molar-refractivity contribution is 9.25. The van der Waals surface area contributed by atoms with Crippen molar-refractivity contribution in [3.63, 3.8) is 0 Å². The summed E-state index contributed by atoms with van der Waals surface area (Å²) in [5.74, 6) is 0.619. The van der Waals surface area contributed by atoms with Gasteiger partial charge in [-0.1, -0.05) is 82.8 Å². The smallest absolute Gasteiger partial charge is 0.146 e. The number of hydrogen-bond donors (Lipinski definition) is 2. The van der Waals surface area contributed by atoms with Crippen LogP contribution >= 0.6 is 127 Å². The summed E-state index contributed by atoms with van der Waals surface area (Å²) >= 11 is 29.1. The molecule has 0 spiro atoms. The van der Waals surface area contributed by atoms with E-state index in [-0.39, 0.29) is 24.9 Å². The van der Waals surface area contributed by atoms with Crippen LogP contribution in [0.25, 0.3) is 0 Å². The molecule has 2 aromatic rings. The van der Waals surface area contributed by atoms with Gasteiger partial charge in [0.2, 0.25) is 0 Å². The van der Waals surface area contributed by atoms with Crippen molar-refractivity contribution in [3.8, 4) is 11.5 Å². The molecular formula is C21H20Br8O2. The second-order valence-corrected chi connectivity index (χ2v) is 17.4. The predicted molar refractivity (Wildman–Crippen MR) is 159 cm³/mol. The maximum atomic E-state index is 10.5. The Hall–Kier alpha value is 1.88. The van der Waals surface area contributed by atoms with Crippen molar-refractivity contribution in [2.45, 2.75) is 45.5 Å². The molecule has 0 radical (unpaired) electrons. The normalized spacial score (nSPS) is 13.9. The van der Waals surface area contributed by atoms with Gasteiger partial charge in [0.1, 0.15) is 11.5 Å². The molecule has 1 unspecified atom stereocenters. The van der Waals surface area contributed by atoms with Gasteiger partial charge in [-0.2, -0.15) is 0 Å². The van der Waals surface area contributed by atoms with Crippen molar-refractivity contribution < 1.29 is 10.2 Å². The number of phenolic OH excluding ortho intramolecular Hbond substituents is 2. The molecule has 172 valence electrons. The van der Waals surface area contributed by atoms with E-state index in [9.17, 15) is 10.2 Å². The Balaban J connectivity index is 2.81. The van der Waals surface area contributed by atoms with Crippen LogP contribution in [0, 0.1) is 5.92 Å². The van der Waals surface area contributed by atoms with Gasteiger partial charge in [0.05, 0.1) is 16.4 Å². The lowest BCUT2D eigenvalue weighted by molar-refractivity contribution is 0.295. The van der Waals surface area contributed by atoms with Crippen molar-refractivity contribution >= 4 is 127 Å². The molecule has 0 aliphatic heterocycles. The Morgan fingerprint density at radius 1 is 0.710 bits per heavy atom. The lowest BCUT2D eigenvalue weighted by Crippen LogP contribution is -2.35. The molecule has 0 bridgehead atoms. The highest BCUT2D eigenvalue weighted by atomic mass is 79.9. The van der Waals surface area contributed by atoms with E-state index in [2.05, 4.69) is 134 Å². The first-order valence-corrected chi connectivity index (χ1v) is 16.2. The third kappa shape index (κ3) is 6.98. The van der Waals surface area contributed by atoms with E-state index >= 15 is 0 Å². The fourth-order valence-electron chi connectivity index (χ4n) is 3.84. The van der Waals surface area contributed by atoms with Crippen LogP contribution < -0.4 is 0 Å². The van der Waals surface area contributed by atoms with E-state index < -0.39 is 5.41 Å². The van der Waals surface area contributed by atoms with Gasteiger partial charge < -0.3 is 10.2 Å². The summed E-state index contributed by atoms with van der Waals surface area (Å²) in [6.07, 6.45) is 3.81. The largest absolute Gasteiger partial charge is 0.508 e. The van der Waals surface area contributed by atoms with E-state index in [0.717, 1.165) is 45.8 Å². The van der Waals surface area contributed by atoms with E-state index in [1.54, 1.807) is 12.1 Å². The Bertz CT molecular complexity index is 860. The molecule has 0 saturated heterocycles. The van der Waals surface area contributed by atoms with Crippen LogP contribution in [0.2, 0.25) is 0 Å². The molecule has 0 heterocycles. The van der Waals surface area contributed by atoms with E-state index in [1.807, 2.05) is 12.1 Å². The van der Waals surface area contributed by atoms with Gasteiger partial charge in [0, 0.05) is 14.4 Å². The van der Waals surface area contributed by atoms with E-state index in [0.29, 0.717) is 8.95 Å². The highest BCUT2D eigenvalue weighted by Gasteiger charge is 2.42. The zero-order chi connectivity index (χ0) is 23.5. The number of benzene rings is 2. The lowest BCUT2D eigenvalue weighted by atomic mass is 9.64. The molecule has 2 rings (SSSR count). The van der Waals surface area contributed by atoms with Crippen molar-refractivity contribution in [2.24, 2.45) is 5.92 Å². The fraction of sp³-hybridized carbons (Fsp3) is 0.429. The van der Waals surface area contributed by atoms with Gasteiger partial charge >= 0.3 is 0 Å². The average molecular weight is 944 g/mol. The Labute approximate surface area is 250 Å². The molecule has 0 saturated carbocycles. The molecule has 2 nitrogen and oxygen atoms in total. The van der Waals surface area contributed by atoms with Crippen LogP contribution in [0.1, 0.15) is 43.7 Å². The van der Waals surface area contributed by atoms with E-state index in [1.165, 1.54) is 0 Å². The van der Waals surface area contributed by atoms with Gasteiger partial charge in [-0.15, -0.1) is 0 Å². The van der Waals surface area contributed by atoms with Gasteiger partial charge in [-0.05, 0) is 119 Å². The van der Waals surface area contributed by atoms with Crippen LogP contribution in [-0.4, -0.2) is 17.7 Å². The molecule has 2 aromatic carbocycles. The highest BCUT2D eigenvalue weighted by Crippen LogP contribution is 2.55. The number of rotatable bonds is 9. The topological polar surface area (TPSA) is 40.5 Å². The second kappa shape index (κ2) is 12.7. The number of hydrogen-bond acceptors (Lipinski definition) is 2. The van der Waals surface area contributed by atoms with Gasteiger partial charge in [-0.3, -0.25) is 0 Å². The first-order valence-electron chi connectivity index (χ1n) is 9.32. The van der Waals surface area contributed by atoms with Crippen LogP contribution in [0.5, 0.6) is 11.5 Å². The minimum absolute atomic E-state index is 0.133. The molecule has 31 heavy (non-hydrogen) atoms. The summed E-state index contributed by atoms with van der Waals surface area (Å²) in [6.45, 7) is 2.24. The molecule has 0 fully saturated rings. The maximum Gasteiger partial charge on any atom is 0.146 e. The first kappa shape index (κ1) is 29.1. The van der Waals surface area contributed by atoms with Crippen molar-refractivity contribution in [2.75, 3.05) is 0 Å². The fourth-order valence-corrected chi connectivity index (χ4v) is 7.82. The summed E-state index contributed by atoms with van der Waals surface area (Å²) in [5.41, 5.74) is 1.68. The quantitative estimate of drug-likeness (QED) is 0.194. The number of alkyl halides is 4. The monoisotopic (exact) mass is 935 g/mol. The van der Waals surface area contributed by atoms with Gasteiger partial charge in [-0.25, -0.2) is 0 Å². The standard InChI is InChI=1S/C21H20Br8O2/c1-21(10-2-6-12(30)7-3-10,11(4-8-13(22)23)5-9-14(24)25)15-16(26)18(28)20(31)19(29)17(15)27/h2-3,6-7,11,13-14,30-31H,4-5,8-9H2,1H3. The number of phenols is 2. The molecule has 0 aliphatic carbocycles. The molecule has 1 atom stereocenters. The van der Waals surface area contributed by atoms with Crippen LogP contribution in [0.3, 0.4) is 0 Å². The predicted octanol–water partition coefficient (Wildman–Crippen LogP) is 10.9. The zero-order valence-corrected chi connectivity index (χ0v) is 29.0. The average Bonchev–Trinajstić information content (AvgIpc) is 2.70. The minimum Gasteiger partial charge on any atom is -0.508 e. The van der Waals surface area contributed by atoms with Crippen LogP contribution in [0.15, 0.2) is 42.2 Å². The molecule has 0 aliphatic rings. The Kier molecular flexibility index (Phi) is 11.9. The number of halogens is 8. The van der Waals surface area contributed by atoms with Gasteiger partial charge in [0.15, 0.2) is 0 Å². The molecular weight excluding hydrogens is 923 g/mol. The molecule has 2 N–H and O–H groups in total. The summed E-state index contributed by atoms with van der Waals surface area (Å²) in [4.78, 5) is 0. The van der Waals surface area contributed by atoms with Gasteiger partial charge in [0.25, 0.3) is 0 Å². The Morgan fingerprint density at radius 2 is 1.13 bits per heavy atom. The second-order valence-electron chi connectivity index (χ2n) is 7.36. The van der Waals surface area contributed by atoms with E-state index in [4.69, 9.17) is 0 Å². The third-order valence-electron chi connectivity index (χ3n) is 5.51. The minimum atomic E-state index is -0.437. The number of aromatic hydroxyl groups is 2. The summed E-state index contributed by atoms with van der Waals surface area (Å²) in [5, 5.41) is 20.5. The zero-order valence-electron chi connectivity index (χ0n) is 16.3. The molecule has 0 amide bonds. The molecule has 0 aromatic heterocycles. The lowest BCUT2D eigenvalue weighted by Gasteiger charge is -2.41. The SMILES string of the molecule is CC(c1ccc(O)cc1)(c1c(Br)c(Br)c(O)c(Br)c1Br)C(CCC(Br)Br)CCC(Br)Br. The third-order valence-corrected chi connectivity index (χ3v) is 11.5. The first-order chi connectivity index (χ1) is 14.4. The van der Waals surface area contributed by atoms with Crippen molar-refractivity contribution in [1.29, 1.82) is 0 Å². The molecule has 10 heteroatoms. The van der Waals surface area contributed by atoms with Crippen molar-refractivity contribution in [1.82, 2.24) is 0 Å². The maximum absolute atomic E-state index is 10.5.